The quantitative estimate of drug-likeness (QED) is 0.378. The maximum Gasteiger partial charge on any atom is 0.262 e. The van der Waals surface area contributed by atoms with Crippen LogP contribution in [-0.2, 0) is 0 Å². The first-order valence-corrected chi connectivity index (χ1v) is 10.9. The zero-order valence-corrected chi connectivity index (χ0v) is 19.7. The topological polar surface area (TPSA) is 79.8 Å². The molecule has 2 aromatic heterocycles. The number of benzene rings is 2. The van der Waals surface area contributed by atoms with Crippen molar-refractivity contribution >= 4 is 51.7 Å². The van der Waals surface area contributed by atoms with E-state index >= 15 is 0 Å². The number of amides is 1. The third-order valence-electron chi connectivity index (χ3n) is 4.68. The van der Waals surface area contributed by atoms with E-state index in [1.165, 1.54) is 0 Å². The van der Waals surface area contributed by atoms with E-state index in [2.05, 4.69) is 15.4 Å². The second kappa shape index (κ2) is 8.28. The Labute approximate surface area is 199 Å². The van der Waals surface area contributed by atoms with Crippen molar-refractivity contribution in [2.75, 3.05) is 0 Å². The molecular formula is C23H19Cl3N4O2. The van der Waals surface area contributed by atoms with Crippen molar-refractivity contribution in [2.45, 2.75) is 26.3 Å². The van der Waals surface area contributed by atoms with Gasteiger partial charge in [0.15, 0.2) is 5.65 Å². The fraction of sp³-hybridized carbons (Fsp3) is 0.174. The van der Waals surface area contributed by atoms with Crippen molar-refractivity contribution in [3.8, 4) is 16.9 Å². The number of H-pyrrole nitrogens is 1. The first-order chi connectivity index (χ1) is 15.0. The van der Waals surface area contributed by atoms with Crippen LogP contribution in [0.3, 0.4) is 0 Å². The van der Waals surface area contributed by atoms with Crippen LogP contribution in [0.25, 0.3) is 28.0 Å². The van der Waals surface area contributed by atoms with E-state index in [9.17, 15) is 9.59 Å². The Balaban J connectivity index is 2.02. The molecule has 0 saturated carbocycles. The van der Waals surface area contributed by atoms with Crippen molar-refractivity contribution < 1.29 is 4.79 Å². The monoisotopic (exact) mass is 488 g/mol. The van der Waals surface area contributed by atoms with Crippen LogP contribution in [-0.4, -0.2) is 26.2 Å². The molecule has 0 spiro atoms. The average Bonchev–Trinajstić information content (AvgIpc) is 3.04. The van der Waals surface area contributed by atoms with Gasteiger partial charge in [0.05, 0.1) is 16.4 Å². The van der Waals surface area contributed by atoms with Gasteiger partial charge in [-0.3, -0.25) is 9.59 Å². The lowest BCUT2D eigenvalue weighted by molar-refractivity contribution is 0.0918. The molecule has 0 radical (unpaired) electrons. The van der Waals surface area contributed by atoms with Gasteiger partial charge < -0.3 is 10.3 Å². The standard InChI is InChI=1S/C23H19Cl3N4O2/c1-23(2,3)28-22(32)16-11-15-19(12-4-6-13(24)7-5-12)30(29-20(15)27-21(16)31)18-9-8-14(25)10-17(18)26/h4-11H,1-3H3,(H,28,32)(H,27,29,31). The van der Waals surface area contributed by atoms with Gasteiger partial charge in [0.25, 0.3) is 11.5 Å². The first kappa shape index (κ1) is 22.4. The average molecular weight is 490 g/mol. The minimum atomic E-state index is -0.534. The Morgan fingerprint density at radius 2 is 1.66 bits per heavy atom. The van der Waals surface area contributed by atoms with E-state index in [4.69, 9.17) is 34.8 Å². The molecule has 0 saturated heterocycles. The largest absolute Gasteiger partial charge is 0.347 e. The van der Waals surface area contributed by atoms with Gasteiger partial charge in [-0.25, -0.2) is 4.68 Å². The van der Waals surface area contributed by atoms with Gasteiger partial charge in [-0.1, -0.05) is 46.9 Å². The van der Waals surface area contributed by atoms with Gasteiger partial charge in [-0.2, -0.15) is 0 Å². The molecule has 9 heteroatoms. The molecule has 0 aliphatic rings. The molecule has 0 aliphatic heterocycles. The van der Waals surface area contributed by atoms with E-state index in [1.54, 1.807) is 41.1 Å². The van der Waals surface area contributed by atoms with Crippen molar-refractivity contribution in [3.63, 3.8) is 0 Å². The van der Waals surface area contributed by atoms with Crippen LogP contribution >= 0.6 is 34.8 Å². The lowest BCUT2D eigenvalue weighted by atomic mass is 10.1. The van der Waals surface area contributed by atoms with Gasteiger partial charge in [0, 0.05) is 26.5 Å². The lowest BCUT2D eigenvalue weighted by Crippen LogP contribution is -2.42. The third kappa shape index (κ3) is 4.39. The van der Waals surface area contributed by atoms with Gasteiger partial charge in [0.1, 0.15) is 5.56 Å². The minimum Gasteiger partial charge on any atom is -0.347 e. The number of carbonyl (C=O) groups is 1. The van der Waals surface area contributed by atoms with Crippen LogP contribution in [0.1, 0.15) is 31.1 Å². The maximum atomic E-state index is 12.8. The normalized spacial score (nSPS) is 11.7. The number of aromatic amines is 1. The Hall–Kier alpha value is -2.80. The molecule has 2 heterocycles. The molecule has 6 nitrogen and oxygen atoms in total. The number of hydrogen-bond donors (Lipinski definition) is 2. The van der Waals surface area contributed by atoms with Crippen molar-refractivity contribution in [2.24, 2.45) is 0 Å². The van der Waals surface area contributed by atoms with E-state index in [-0.39, 0.29) is 5.56 Å². The summed E-state index contributed by atoms with van der Waals surface area (Å²) in [5.41, 5.74) is 1.26. The van der Waals surface area contributed by atoms with Crippen molar-refractivity contribution in [3.05, 3.63) is 79.5 Å². The minimum absolute atomic E-state index is 0.00982. The van der Waals surface area contributed by atoms with Crippen LogP contribution < -0.4 is 10.9 Å². The predicted molar refractivity (Wildman–Crippen MR) is 129 cm³/mol. The Bertz CT molecular complexity index is 1400. The van der Waals surface area contributed by atoms with E-state index in [1.807, 2.05) is 32.9 Å². The van der Waals surface area contributed by atoms with Crippen LogP contribution in [0.2, 0.25) is 15.1 Å². The fourth-order valence-electron chi connectivity index (χ4n) is 3.33. The van der Waals surface area contributed by atoms with Crippen molar-refractivity contribution in [1.29, 1.82) is 0 Å². The lowest BCUT2D eigenvalue weighted by Gasteiger charge is -2.20. The molecule has 0 bridgehead atoms. The highest BCUT2D eigenvalue weighted by molar-refractivity contribution is 6.35. The number of nitrogens with one attached hydrogen (secondary N) is 2. The predicted octanol–water partition coefficient (Wildman–Crippen LogP) is 5.87. The number of hydrogen-bond acceptors (Lipinski definition) is 3. The highest BCUT2D eigenvalue weighted by Gasteiger charge is 2.23. The second-order valence-corrected chi connectivity index (χ2v) is 9.62. The van der Waals surface area contributed by atoms with Gasteiger partial charge in [-0.15, -0.1) is 5.10 Å². The van der Waals surface area contributed by atoms with Crippen molar-refractivity contribution in [1.82, 2.24) is 20.1 Å². The highest BCUT2D eigenvalue weighted by atomic mass is 35.5. The number of pyridine rings is 1. The summed E-state index contributed by atoms with van der Waals surface area (Å²) >= 11 is 18.6. The smallest absolute Gasteiger partial charge is 0.262 e. The molecule has 4 aromatic rings. The highest BCUT2D eigenvalue weighted by Crippen LogP contribution is 2.34. The SMILES string of the molecule is CC(C)(C)NC(=O)c1cc2c(-c3ccc(Cl)cc3)n(-c3ccc(Cl)cc3Cl)nc2[nH]c1=O. The summed E-state index contributed by atoms with van der Waals surface area (Å²) in [4.78, 5) is 28.2. The zero-order valence-electron chi connectivity index (χ0n) is 17.5. The number of rotatable bonds is 3. The molecular weight excluding hydrogens is 471 g/mol. The Morgan fingerprint density at radius 3 is 2.28 bits per heavy atom. The summed E-state index contributed by atoms with van der Waals surface area (Å²) in [5, 5.41) is 9.42. The number of halogens is 3. The van der Waals surface area contributed by atoms with Crippen LogP contribution in [0.5, 0.6) is 0 Å². The number of nitrogens with zero attached hydrogens (tertiary/aromatic N) is 2. The molecule has 0 aliphatic carbocycles. The summed E-state index contributed by atoms with van der Waals surface area (Å²) in [6, 6.07) is 13.8. The summed E-state index contributed by atoms with van der Waals surface area (Å²) in [6.45, 7) is 5.53. The number of fused-ring (bicyclic) bond motifs is 1. The summed E-state index contributed by atoms with van der Waals surface area (Å²) in [5.74, 6) is -0.472. The van der Waals surface area contributed by atoms with E-state index < -0.39 is 17.0 Å². The Kier molecular flexibility index (Phi) is 5.79. The van der Waals surface area contributed by atoms with Gasteiger partial charge >= 0.3 is 0 Å². The van der Waals surface area contributed by atoms with Gasteiger partial charge in [0.2, 0.25) is 0 Å². The molecule has 4 rings (SSSR count). The molecule has 0 unspecified atom stereocenters. The molecule has 0 atom stereocenters. The summed E-state index contributed by atoms with van der Waals surface area (Å²) in [7, 11) is 0. The first-order valence-electron chi connectivity index (χ1n) is 9.73. The molecule has 32 heavy (non-hydrogen) atoms. The molecule has 164 valence electrons. The van der Waals surface area contributed by atoms with Crippen LogP contribution in [0, 0.1) is 0 Å². The maximum absolute atomic E-state index is 12.8. The van der Waals surface area contributed by atoms with Crippen LogP contribution in [0.4, 0.5) is 0 Å². The van der Waals surface area contributed by atoms with E-state index in [0.29, 0.717) is 37.5 Å². The molecule has 2 N–H and O–H groups in total. The number of aromatic nitrogens is 3. The Morgan fingerprint density at radius 1 is 1.00 bits per heavy atom. The molecule has 0 fully saturated rings. The molecule has 1 amide bonds. The second-order valence-electron chi connectivity index (χ2n) is 8.34. The van der Waals surface area contributed by atoms with Gasteiger partial charge in [-0.05, 0) is 57.2 Å². The third-order valence-corrected chi connectivity index (χ3v) is 5.47. The van der Waals surface area contributed by atoms with E-state index in [0.717, 1.165) is 5.56 Å². The molecule has 2 aromatic carbocycles. The summed E-state index contributed by atoms with van der Waals surface area (Å²) in [6.07, 6.45) is 0. The fourth-order valence-corrected chi connectivity index (χ4v) is 3.95. The number of carbonyl (C=O) groups excluding carboxylic acids is 1. The zero-order chi connectivity index (χ0) is 23.2. The van der Waals surface area contributed by atoms with Crippen LogP contribution in [0.15, 0.2) is 53.3 Å². The summed E-state index contributed by atoms with van der Waals surface area (Å²) < 4.78 is 1.62.